The number of aromatic nitrogens is 1. The quantitative estimate of drug-likeness (QED) is 0.884. The van der Waals surface area contributed by atoms with Crippen LogP contribution >= 0.6 is 11.3 Å². The predicted octanol–water partition coefficient (Wildman–Crippen LogP) is 3.98. The third-order valence-electron chi connectivity index (χ3n) is 4.20. The third-order valence-corrected chi connectivity index (χ3v) is 5.37. The van der Waals surface area contributed by atoms with Gasteiger partial charge in [-0.05, 0) is 32.1 Å². The van der Waals surface area contributed by atoms with E-state index in [2.05, 4.69) is 25.8 Å². The summed E-state index contributed by atoms with van der Waals surface area (Å²) < 4.78 is 0. The van der Waals surface area contributed by atoms with Crippen LogP contribution in [0.3, 0.4) is 0 Å². The van der Waals surface area contributed by atoms with Crippen molar-refractivity contribution in [1.82, 2.24) is 4.98 Å². The summed E-state index contributed by atoms with van der Waals surface area (Å²) in [5.74, 6) is 1.49. The molecule has 3 unspecified atom stereocenters. The molecule has 1 aromatic heterocycles. The number of thiazole rings is 1. The molecule has 2 N–H and O–H groups in total. The van der Waals surface area contributed by atoms with E-state index in [-0.39, 0.29) is 6.04 Å². The molecule has 0 aromatic carbocycles. The summed E-state index contributed by atoms with van der Waals surface area (Å²) in [7, 11) is 0. The molecule has 1 saturated carbocycles. The molecule has 2 nitrogen and oxygen atoms in total. The minimum absolute atomic E-state index is 0.214. The van der Waals surface area contributed by atoms with Crippen molar-refractivity contribution >= 4 is 11.3 Å². The molecule has 1 heterocycles. The summed E-state index contributed by atoms with van der Waals surface area (Å²) in [5.41, 5.74) is 7.67. The van der Waals surface area contributed by atoms with E-state index < -0.39 is 0 Å². The predicted molar refractivity (Wildman–Crippen MR) is 74.3 cm³/mol. The van der Waals surface area contributed by atoms with Gasteiger partial charge < -0.3 is 5.73 Å². The van der Waals surface area contributed by atoms with Crippen molar-refractivity contribution < 1.29 is 0 Å². The van der Waals surface area contributed by atoms with Gasteiger partial charge in [0.05, 0.1) is 10.7 Å². The van der Waals surface area contributed by atoms with Gasteiger partial charge in [-0.25, -0.2) is 4.98 Å². The van der Waals surface area contributed by atoms with Crippen LogP contribution in [-0.4, -0.2) is 4.98 Å². The lowest BCUT2D eigenvalue weighted by atomic mass is 9.74. The van der Waals surface area contributed by atoms with E-state index in [0.29, 0.717) is 5.92 Å². The van der Waals surface area contributed by atoms with Gasteiger partial charge in [-0.2, -0.15) is 0 Å². The molecule has 0 aliphatic heterocycles. The van der Waals surface area contributed by atoms with Crippen molar-refractivity contribution in [2.24, 2.45) is 17.6 Å². The van der Waals surface area contributed by atoms with E-state index in [1.807, 2.05) is 0 Å². The fraction of sp³-hybridized carbons (Fsp3) is 0.786. The molecule has 0 amide bonds. The molecular weight excluding hydrogens is 228 g/mol. The van der Waals surface area contributed by atoms with Gasteiger partial charge in [0.15, 0.2) is 0 Å². The minimum atomic E-state index is 0.214. The number of nitrogens with two attached hydrogens (primary N) is 1. The highest BCUT2D eigenvalue weighted by Gasteiger charge is 2.31. The molecule has 3 heteroatoms. The third kappa shape index (κ3) is 2.71. The van der Waals surface area contributed by atoms with Crippen LogP contribution in [0.1, 0.15) is 60.6 Å². The standard InChI is InChI=1S/C14H24N2S/c1-4-11-7-5-6-8-12(11)13(15)14-9(2)16-10(3)17-14/h11-13H,4-8,15H2,1-3H3. The Morgan fingerprint density at radius 3 is 2.65 bits per heavy atom. The molecule has 1 fully saturated rings. The minimum Gasteiger partial charge on any atom is -0.323 e. The van der Waals surface area contributed by atoms with Crippen molar-refractivity contribution in [2.75, 3.05) is 0 Å². The van der Waals surface area contributed by atoms with E-state index in [9.17, 15) is 0 Å². The van der Waals surface area contributed by atoms with E-state index in [1.165, 1.54) is 37.0 Å². The molecule has 96 valence electrons. The van der Waals surface area contributed by atoms with Crippen LogP contribution in [0.25, 0.3) is 0 Å². The Bertz CT molecular complexity index is 372. The fourth-order valence-corrected chi connectivity index (χ4v) is 4.27. The number of nitrogens with zero attached hydrogens (tertiary/aromatic N) is 1. The van der Waals surface area contributed by atoms with E-state index >= 15 is 0 Å². The summed E-state index contributed by atoms with van der Waals surface area (Å²) in [6.07, 6.45) is 6.69. The summed E-state index contributed by atoms with van der Waals surface area (Å²) in [5, 5.41) is 1.15. The van der Waals surface area contributed by atoms with E-state index in [4.69, 9.17) is 5.73 Å². The molecule has 1 aliphatic rings. The Morgan fingerprint density at radius 1 is 1.35 bits per heavy atom. The maximum absolute atomic E-state index is 6.52. The molecule has 17 heavy (non-hydrogen) atoms. The van der Waals surface area contributed by atoms with Crippen molar-refractivity contribution in [3.63, 3.8) is 0 Å². The average Bonchev–Trinajstić information content (AvgIpc) is 2.67. The highest BCUT2D eigenvalue weighted by atomic mass is 32.1. The monoisotopic (exact) mass is 252 g/mol. The topological polar surface area (TPSA) is 38.9 Å². The lowest BCUT2D eigenvalue weighted by Gasteiger charge is -2.34. The van der Waals surface area contributed by atoms with Crippen LogP contribution in [0.4, 0.5) is 0 Å². The van der Waals surface area contributed by atoms with Gasteiger partial charge in [-0.3, -0.25) is 0 Å². The van der Waals surface area contributed by atoms with Crippen LogP contribution in [0.5, 0.6) is 0 Å². The molecule has 3 atom stereocenters. The number of hydrogen-bond acceptors (Lipinski definition) is 3. The highest BCUT2D eigenvalue weighted by Crippen LogP contribution is 2.41. The Balaban J connectivity index is 2.17. The first kappa shape index (κ1) is 13.0. The lowest BCUT2D eigenvalue weighted by molar-refractivity contribution is 0.197. The molecule has 0 spiro atoms. The first-order valence-corrected chi connectivity index (χ1v) is 7.64. The Kier molecular flexibility index (Phi) is 4.21. The number of aryl methyl sites for hydroxylation is 2. The van der Waals surface area contributed by atoms with Crippen molar-refractivity contribution in [3.05, 3.63) is 15.6 Å². The molecule has 1 aromatic rings. The second kappa shape index (κ2) is 5.49. The van der Waals surface area contributed by atoms with Gasteiger partial charge in [-0.1, -0.05) is 32.6 Å². The second-order valence-corrected chi connectivity index (χ2v) is 6.56. The van der Waals surface area contributed by atoms with Crippen LogP contribution in [0.15, 0.2) is 0 Å². The Morgan fingerprint density at radius 2 is 2.06 bits per heavy atom. The molecule has 2 rings (SSSR count). The molecule has 0 radical (unpaired) electrons. The number of rotatable bonds is 3. The van der Waals surface area contributed by atoms with Crippen LogP contribution in [-0.2, 0) is 0 Å². The second-order valence-electron chi connectivity index (χ2n) is 5.32. The SMILES string of the molecule is CCC1CCCCC1C(N)c1sc(C)nc1C. The zero-order valence-corrected chi connectivity index (χ0v) is 12.0. The molecule has 0 bridgehead atoms. The molecule has 0 saturated heterocycles. The summed E-state index contributed by atoms with van der Waals surface area (Å²) in [4.78, 5) is 5.84. The van der Waals surface area contributed by atoms with E-state index in [1.54, 1.807) is 11.3 Å². The van der Waals surface area contributed by atoms with Gasteiger partial charge in [0.2, 0.25) is 0 Å². The summed E-state index contributed by atoms with van der Waals surface area (Å²) >= 11 is 1.79. The normalized spacial score (nSPS) is 27.1. The summed E-state index contributed by atoms with van der Waals surface area (Å²) in [6, 6.07) is 0.214. The number of hydrogen-bond donors (Lipinski definition) is 1. The lowest BCUT2D eigenvalue weighted by Crippen LogP contribution is -2.30. The van der Waals surface area contributed by atoms with Crippen LogP contribution < -0.4 is 5.73 Å². The van der Waals surface area contributed by atoms with Gasteiger partial charge >= 0.3 is 0 Å². The zero-order chi connectivity index (χ0) is 12.4. The largest absolute Gasteiger partial charge is 0.323 e. The van der Waals surface area contributed by atoms with Gasteiger partial charge in [-0.15, -0.1) is 11.3 Å². The van der Waals surface area contributed by atoms with Gasteiger partial charge in [0.1, 0.15) is 0 Å². The van der Waals surface area contributed by atoms with Gasteiger partial charge in [0, 0.05) is 10.9 Å². The Hall–Kier alpha value is -0.410. The first-order chi connectivity index (χ1) is 8.13. The average molecular weight is 252 g/mol. The maximum Gasteiger partial charge on any atom is 0.0900 e. The maximum atomic E-state index is 6.52. The molecular formula is C14H24N2S. The van der Waals surface area contributed by atoms with Gasteiger partial charge in [0.25, 0.3) is 0 Å². The summed E-state index contributed by atoms with van der Waals surface area (Å²) in [6.45, 7) is 6.48. The first-order valence-electron chi connectivity index (χ1n) is 6.83. The van der Waals surface area contributed by atoms with Crippen LogP contribution in [0.2, 0.25) is 0 Å². The fourth-order valence-electron chi connectivity index (χ4n) is 3.27. The zero-order valence-electron chi connectivity index (χ0n) is 11.2. The van der Waals surface area contributed by atoms with Crippen molar-refractivity contribution in [1.29, 1.82) is 0 Å². The Labute approximate surface area is 109 Å². The van der Waals surface area contributed by atoms with E-state index in [0.717, 1.165) is 16.6 Å². The van der Waals surface area contributed by atoms with Crippen molar-refractivity contribution in [2.45, 2.75) is 58.9 Å². The van der Waals surface area contributed by atoms with Crippen LogP contribution in [0, 0.1) is 25.7 Å². The molecule has 1 aliphatic carbocycles. The highest BCUT2D eigenvalue weighted by molar-refractivity contribution is 7.11. The van der Waals surface area contributed by atoms with Crippen molar-refractivity contribution in [3.8, 4) is 0 Å². The smallest absolute Gasteiger partial charge is 0.0900 e.